The summed E-state index contributed by atoms with van der Waals surface area (Å²) in [6.07, 6.45) is 0. The summed E-state index contributed by atoms with van der Waals surface area (Å²) in [5, 5.41) is 0. The molecule has 10 nitrogen and oxygen atoms in total. The molecule has 0 aliphatic rings. The summed E-state index contributed by atoms with van der Waals surface area (Å²) in [6.45, 7) is 0. The second-order valence-electron chi connectivity index (χ2n) is 1.02. The zero-order valence-electron chi connectivity index (χ0n) is 5.79. The fraction of sp³-hybridized carbons (Fsp3) is 1.00. The van der Waals surface area contributed by atoms with Crippen molar-refractivity contribution in [2.45, 2.75) is 22.3 Å². The van der Waals surface area contributed by atoms with Crippen molar-refractivity contribution in [1.29, 1.82) is 0 Å². The number of hydrogen-bond donors (Lipinski definition) is 0. The van der Waals surface area contributed by atoms with E-state index in [1.807, 2.05) is 0 Å². The van der Waals surface area contributed by atoms with Crippen molar-refractivity contribution >= 4 is 45.1 Å². The largest absolute Gasteiger partial charge is 0.788 e. The van der Waals surface area contributed by atoms with Gasteiger partial charge in [-0.25, -0.2) is 0 Å². The molecule has 14 heteroatoms. The summed E-state index contributed by atoms with van der Waals surface area (Å²) in [4.78, 5) is 0. The first-order valence-electron chi connectivity index (χ1n) is 2.06. The molecule has 0 radical (unpaired) electrons. The molecule has 0 saturated heterocycles. The van der Waals surface area contributed by atoms with Crippen molar-refractivity contribution in [3.8, 4) is 0 Å². The highest BCUT2D eigenvalue weighted by Gasteiger charge is 1.54. The van der Waals surface area contributed by atoms with Crippen molar-refractivity contribution in [2.75, 3.05) is 0 Å². The molecule has 0 aliphatic carbocycles. The Morgan fingerprint density at radius 2 is 0.647 bits per heavy atom. The van der Waals surface area contributed by atoms with Crippen LogP contribution in [0.3, 0.4) is 0 Å². The number of hydrogen-bond acceptors (Lipinski definition) is 8. The van der Waals surface area contributed by atoms with Crippen molar-refractivity contribution in [3.05, 3.63) is 8.25 Å². The van der Waals surface area contributed by atoms with E-state index < -0.39 is 45.1 Å². The minimum atomic E-state index is -2.83. The highest BCUT2D eigenvalue weighted by Crippen LogP contribution is 1.91. The molecule has 4 unspecified atom stereocenters. The van der Waals surface area contributed by atoms with E-state index in [1.54, 1.807) is 0 Å². The van der Waals surface area contributed by atoms with Crippen LogP contribution < -0.4 is 0 Å². The molecular weight excluding hydrogens is 320 g/mol. The average molecular weight is 332 g/mol. The standard InChI is InChI=1S/3CH4.2H2NO4S2/c;;;2*2-6(3)1-7(4)5/h3*1H4;2*(H,2,3)(H,4,5)/q;;;2*-1/p-4. The maximum Gasteiger partial charge on any atom is -0.0776 e. The van der Waals surface area contributed by atoms with Crippen LogP contribution in [0.5, 0.6) is 0 Å². The van der Waals surface area contributed by atoms with Gasteiger partial charge in [-0.3, -0.25) is 16.8 Å². The first-order valence-corrected chi connectivity index (χ1v) is 6.19. The third kappa shape index (κ3) is 48.3. The lowest BCUT2D eigenvalue weighted by Crippen LogP contribution is -1.89. The summed E-state index contributed by atoms with van der Waals surface area (Å²) >= 11 is -11.3. The normalized spacial score (nSPS) is 15.3. The van der Waals surface area contributed by atoms with E-state index in [0.29, 0.717) is 0 Å². The van der Waals surface area contributed by atoms with Gasteiger partial charge in [0.1, 0.15) is 0 Å². The molecule has 0 aliphatic heterocycles. The first-order chi connectivity index (χ1) is 6.25. The van der Waals surface area contributed by atoms with E-state index >= 15 is 0 Å². The van der Waals surface area contributed by atoms with Gasteiger partial charge in [-0.1, -0.05) is 22.3 Å². The lowest BCUT2D eigenvalue weighted by molar-refractivity contribution is 0.532. The molecule has 0 aromatic carbocycles. The van der Waals surface area contributed by atoms with Crippen molar-refractivity contribution in [2.24, 2.45) is 0 Å². The topological polar surface area (TPSA) is 189 Å². The predicted octanol–water partition coefficient (Wildman–Crippen LogP) is -0.195. The Balaban J connectivity index is -0.0000000480. The van der Waals surface area contributed by atoms with E-state index in [4.69, 9.17) is 0 Å². The van der Waals surface area contributed by atoms with Gasteiger partial charge in [0.2, 0.25) is 0 Å². The molecule has 4 atom stereocenters. The van der Waals surface area contributed by atoms with E-state index in [9.17, 15) is 35.0 Å². The first kappa shape index (κ1) is 30.4. The van der Waals surface area contributed by atoms with Gasteiger partial charge < -0.3 is 26.5 Å². The highest BCUT2D eigenvalue weighted by molar-refractivity contribution is 8.01. The molecule has 0 heterocycles. The third-order valence-corrected chi connectivity index (χ3v) is 2.19. The summed E-state index contributed by atoms with van der Waals surface area (Å²) in [5.74, 6) is 0. The Kier molecular flexibility index (Phi) is 33.5. The third-order valence-electron chi connectivity index (χ3n) is 0.243. The zero-order chi connectivity index (χ0) is 11.7. The second-order valence-corrected chi connectivity index (χ2v) is 3.95. The van der Waals surface area contributed by atoms with Crippen LogP contribution in [-0.2, 0) is 45.1 Å². The minimum absolute atomic E-state index is 0. The Morgan fingerprint density at radius 1 is 0.529 bits per heavy atom. The van der Waals surface area contributed by atoms with Crippen LogP contribution >= 0.6 is 0 Å². The van der Waals surface area contributed by atoms with Crippen molar-refractivity contribution < 1.29 is 35.0 Å². The van der Waals surface area contributed by atoms with Gasteiger partial charge in [0.25, 0.3) is 0 Å². The van der Waals surface area contributed by atoms with Crippen molar-refractivity contribution in [1.82, 2.24) is 0 Å². The van der Waals surface area contributed by atoms with Crippen LogP contribution in [0.4, 0.5) is 0 Å². The SMILES string of the molecule is C.C.C.O=S([O-])[N-]S(=O)[O-].O=S([O-])[N-]S(=O)[O-]. The lowest BCUT2D eigenvalue weighted by Gasteiger charge is -2.25. The molecule has 0 bridgehead atoms. The van der Waals surface area contributed by atoms with Gasteiger partial charge in [0.15, 0.2) is 0 Å². The Morgan fingerprint density at radius 3 is 0.647 bits per heavy atom. The predicted molar refractivity (Wildman–Crippen MR) is 62.6 cm³/mol. The number of rotatable bonds is 4. The molecule has 0 N–H and O–H groups in total. The molecule has 112 valence electrons. The monoisotopic (exact) mass is 332 g/mol. The van der Waals surface area contributed by atoms with Crippen LogP contribution in [0.25, 0.3) is 8.25 Å². The second kappa shape index (κ2) is 18.7. The van der Waals surface area contributed by atoms with E-state index in [2.05, 4.69) is 8.25 Å². The molecule has 0 amide bonds. The van der Waals surface area contributed by atoms with Crippen LogP contribution in [0, 0.1) is 0 Å². The molecule has 0 aromatic heterocycles. The fourth-order valence-electron chi connectivity index (χ4n) is 0.0994. The maximum absolute atomic E-state index is 9.25. The van der Waals surface area contributed by atoms with Gasteiger partial charge in [-0.15, -0.1) is 0 Å². The fourth-order valence-corrected chi connectivity index (χ4v) is 0.894. The smallest absolute Gasteiger partial charge is 0.0776 e. The summed E-state index contributed by atoms with van der Waals surface area (Å²) in [6, 6.07) is 0. The minimum Gasteiger partial charge on any atom is -0.788 e. The number of nitrogens with zero attached hydrogens (tertiary/aromatic N) is 2. The Bertz CT molecular complexity index is 209. The molecule has 0 fully saturated rings. The molecular formula is C3H12N2O8S4-6. The molecule has 0 aromatic rings. The Labute approximate surface area is 111 Å². The molecule has 0 saturated carbocycles. The quantitative estimate of drug-likeness (QED) is 0.632. The summed E-state index contributed by atoms with van der Waals surface area (Å²) < 4.78 is 78.2. The molecule has 0 spiro atoms. The van der Waals surface area contributed by atoms with E-state index in [1.165, 1.54) is 0 Å². The molecule has 17 heavy (non-hydrogen) atoms. The van der Waals surface area contributed by atoms with Crippen LogP contribution in [0.1, 0.15) is 22.3 Å². The van der Waals surface area contributed by atoms with Gasteiger partial charge in [0.05, 0.1) is 0 Å². The van der Waals surface area contributed by atoms with Crippen LogP contribution in [0.15, 0.2) is 0 Å². The van der Waals surface area contributed by atoms with Crippen LogP contribution in [0.2, 0.25) is 0 Å². The van der Waals surface area contributed by atoms with Gasteiger partial charge in [0, 0.05) is 0 Å². The summed E-state index contributed by atoms with van der Waals surface area (Å²) in [7, 11) is 0. The lowest BCUT2D eigenvalue weighted by atomic mass is 12.0. The van der Waals surface area contributed by atoms with Crippen molar-refractivity contribution in [3.63, 3.8) is 0 Å². The highest BCUT2D eigenvalue weighted by atomic mass is 32.3. The van der Waals surface area contributed by atoms with Gasteiger partial charge >= 0.3 is 0 Å². The van der Waals surface area contributed by atoms with E-state index in [-0.39, 0.29) is 22.3 Å². The summed E-state index contributed by atoms with van der Waals surface area (Å²) in [5.41, 5.74) is 0. The van der Waals surface area contributed by atoms with E-state index in [0.717, 1.165) is 0 Å². The average Bonchev–Trinajstić information content (AvgIpc) is 1.79. The van der Waals surface area contributed by atoms with Gasteiger partial charge in [-0.2, -0.15) is 45.1 Å². The maximum atomic E-state index is 9.25. The molecule has 0 rings (SSSR count). The Hall–Kier alpha value is 0.360. The van der Waals surface area contributed by atoms with Gasteiger partial charge in [-0.05, 0) is 0 Å². The zero-order valence-corrected chi connectivity index (χ0v) is 9.06. The van der Waals surface area contributed by atoms with Crippen LogP contribution in [-0.4, -0.2) is 35.0 Å².